The monoisotopic (exact) mass is 675 g/mol. The summed E-state index contributed by atoms with van der Waals surface area (Å²) in [4.78, 5) is 28.2. The van der Waals surface area contributed by atoms with Crippen molar-refractivity contribution in [3.63, 3.8) is 0 Å². The van der Waals surface area contributed by atoms with Crippen molar-refractivity contribution in [1.29, 1.82) is 0 Å². The maximum Gasteiger partial charge on any atom is 0.406 e. The molecule has 0 amide bonds. The summed E-state index contributed by atoms with van der Waals surface area (Å²) in [5.74, 6) is -0.603. The Kier molecular flexibility index (Phi) is 12.1. The van der Waals surface area contributed by atoms with Crippen LogP contribution in [-0.2, 0) is 27.9 Å². The van der Waals surface area contributed by atoms with Crippen molar-refractivity contribution in [2.24, 2.45) is 5.11 Å². The van der Waals surface area contributed by atoms with Crippen molar-refractivity contribution >= 4 is 30.8 Å². The van der Waals surface area contributed by atoms with Gasteiger partial charge in [-0.15, -0.1) is 0 Å². The van der Waals surface area contributed by atoms with Crippen molar-refractivity contribution in [3.05, 3.63) is 52.7 Å². The number of aliphatic hydroxyl groups excluding tert-OH is 1. The molecule has 1 aliphatic heterocycles. The van der Waals surface area contributed by atoms with E-state index in [2.05, 4.69) is 30.1 Å². The van der Waals surface area contributed by atoms with Gasteiger partial charge in [0.1, 0.15) is 17.7 Å². The molecule has 1 aromatic carbocycles. The predicted molar refractivity (Wildman–Crippen MR) is 171 cm³/mol. The molecule has 256 valence electrons. The van der Waals surface area contributed by atoms with E-state index in [0.29, 0.717) is 13.0 Å². The van der Waals surface area contributed by atoms with Gasteiger partial charge in [0, 0.05) is 4.91 Å². The van der Waals surface area contributed by atoms with Crippen LogP contribution in [0.15, 0.2) is 41.8 Å². The number of aromatic nitrogens is 4. The van der Waals surface area contributed by atoms with Crippen LogP contribution in [0, 0.1) is 0 Å². The number of nitrogen functional groups attached to an aromatic ring is 1. The van der Waals surface area contributed by atoms with Crippen LogP contribution in [0.4, 0.5) is 5.95 Å². The molecule has 0 radical (unpaired) electrons. The van der Waals surface area contributed by atoms with Crippen LogP contribution in [0.5, 0.6) is 5.88 Å². The SMILES string of the molecule is CCCC[C@H](OP(=O)(N[C@@H](C)C(=O)OCC)OC[C@H]1O[C@@H](n2cnc3c(OCC)nc(N)nc32)[C@](C)(N=[N+]=[N-])[C@@H]1O)c1ccccc1. The number of fused-ring (bicyclic) bond motifs is 1. The third kappa shape index (κ3) is 8.19. The Hall–Kier alpha value is -3.82. The molecule has 0 aliphatic carbocycles. The molecule has 18 heteroatoms. The highest BCUT2D eigenvalue weighted by atomic mass is 31.2. The lowest BCUT2D eigenvalue weighted by molar-refractivity contribution is -0.144. The summed E-state index contributed by atoms with van der Waals surface area (Å²) in [5, 5.41) is 18.0. The number of benzene rings is 1. The number of nitrogens with zero attached hydrogens (tertiary/aromatic N) is 7. The number of azide groups is 1. The standard InChI is InChI=1S/C29H42N9O8P/c1-6-9-15-20(19-13-11-10-12-14-19)46-47(41,35-18(4)26(40)43-8-3)44-16-21-23(39)29(5,36-37-31)27(45-21)38-17-32-22-24(38)33-28(30)34-25(22)42-7-2/h10-14,17-18,20-21,23,27,39H,6-9,15-16H2,1-5H3,(H,35,41)(H2,30,33,34)/t18-,20-,21+,23+,27+,29+,47?/m0/s1. The highest BCUT2D eigenvalue weighted by molar-refractivity contribution is 7.51. The number of nitrogens with two attached hydrogens (primary N) is 1. The molecule has 0 bridgehead atoms. The second-order valence-electron chi connectivity index (χ2n) is 11.1. The van der Waals surface area contributed by atoms with E-state index < -0.39 is 56.4 Å². The zero-order valence-corrected chi connectivity index (χ0v) is 27.9. The van der Waals surface area contributed by atoms with Crippen LogP contribution < -0.4 is 15.6 Å². The first kappa shape index (κ1) is 36.0. The van der Waals surface area contributed by atoms with Crippen molar-refractivity contribution in [1.82, 2.24) is 24.6 Å². The molecule has 17 nitrogen and oxygen atoms in total. The van der Waals surface area contributed by atoms with Gasteiger partial charge in [-0.3, -0.25) is 18.4 Å². The molecule has 1 unspecified atom stereocenters. The van der Waals surface area contributed by atoms with Gasteiger partial charge in [-0.1, -0.05) is 55.2 Å². The van der Waals surface area contributed by atoms with Gasteiger partial charge in [-0.05, 0) is 45.2 Å². The van der Waals surface area contributed by atoms with E-state index in [4.69, 9.17) is 29.0 Å². The highest BCUT2D eigenvalue weighted by Gasteiger charge is 2.55. The number of unbranched alkanes of at least 4 members (excludes halogenated alkanes) is 1. The van der Waals surface area contributed by atoms with Crippen LogP contribution in [0.25, 0.3) is 21.6 Å². The van der Waals surface area contributed by atoms with Gasteiger partial charge in [0.15, 0.2) is 17.4 Å². The number of carbonyl (C=O) groups is 1. The molecule has 4 N–H and O–H groups in total. The van der Waals surface area contributed by atoms with E-state index in [1.54, 1.807) is 13.8 Å². The van der Waals surface area contributed by atoms with E-state index >= 15 is 0 Å². The summed E-state index contributed by atoms with van der Waals surface area (Å²) in [7, 11) is -4.31. The second kappa shape index (κ2) is 15.8. The lowest BCUT2D eigenvalue weighted by atomic mass is 9.93. The number of hydrogen-bond donors (Lipinski definition) is 3. The Bertz CT molecular complexity index is 1610. The smallest absolute Gasteiger partial charge is 0.406 e. The number of rotatable bonds is 17. The minimum Gasteiger partial charge on any atom is -0.476 e. The Balaban J connectivity index is 1.65. The number of ether oxygens (including phenoxy) is 3. The zero-order valence-electron chi connectivity index (χ0n) is 27.1. The van der Waals surface area contributed by atoms with Gasteiger partial charge >= 0.3 is 13.7 Å². The zero-order chi connectivity index (χ0) is 34.2. The van der Waals surface area contributed by atoms with E-state index in [1.165, 1.54) is 24.7 Å². The molecule has 1 saturated heterocycles. The molecule has 3 aromatic rings. The molecule has 7 atom stereocenters. The molecule has 2 aromatic heterocycles. The molecule has 1 fully saturated rings. The fraction of sp³-hybridized carbons (Fsp3) is 0.586. The van der Waals surface area contributed by atoms with Crippen molar-refractivity contribution < 1.29 is 37.7 Å². The van der Waals surface area contributed by atoms with Crippen molar-refractivity contribution in [2.75, 3.05) is 25.6 Å². The summed E-state index contributed by atoms with van der Waals surface area (Å²) in [6.45, 7) is 8.35. The summed E-state index contributed by atoms with van der Waals surface area (Å²) in [6, 6.07) is 8.17. The Morgan fingerprint density at radius 2 is 2.02 bits per heavy atom. The number of esters is 1. The second-order valence-corrected chi connectivity index (χ2v) is 12.8. The number of imidazole rings is 1. The molecular weight excluding hydrogens is 633 g/mol. The van der Waals surface area contributed by atoms with Crippen LogP contribution in [0.2, 0.25) is 0 Å². The average Bonchev–Trinajstić information content (AvgIpc) is 3.56. The lowest BCUT2D eigenvalue weighted by Gasteiger charge is -2.29. The summed E-state index contributed by atoms with van der Waals surface area (Å²) in [5.41, 5.74) is 15.0. The first-order valence-electron chi connectivity index (χ1n) is 15.4. The van der Waals surface area contributed by atoms with Gasteiger partial charge in [-0.25, -0.2) is 14.6 Å². The largest absolute Gasteiger partial charge is 0.476 e. The quantitative estimate of drug-likeness (QED) is 0.0577. The summed E-state index contributed by atoms with van der Waals surface area (Å²) in [6.07, 6.45) is -0.953. The van der Waals surface area contributed by atoms with E-state index in [-0.39, 0.29) is 29.6 Å². The highest BCUT2D eigenvalue weighted by Crippen LogP contribution is 2.51. The van der Waals surface area contributed by atoms with Gasteiger partial charge < -0.3 is 25.1 Å². The Labute approximate surface area is 272 Å². The maximum absolute atomic E-state index is 14.4. The van der Waals surface area contributed by atoms with Gasteiger partial charge in [0.05, 0.1) is 38.4 Å². The maximum atomic E-state index is 14.4. The predicted octanol–water partition coefficient (Wildman–Crippen LogP) is 4.75. The number of hydrogen-bond acceptors (Lipinski definition) is 13. The first-order chi connectivity index (χ1) is 22.5. The molecule has 4 rings (SSSR count). The normalized spacial score (nSPS) is 23.5. The molecule has 47 heavy (non-hydrogen) atoms. The van der Waals surface area contributed by atoms with Crippen LogP contribution in [-0.4, -0.2) is 74.2 Å². The van der Waals surface area contributed by atoms with E-state index in [0.717, 1.165) is 18.4 Å². The van der Waals surface area contributed by atoms with Crippen LogP contribution >= 0.6 is 7.75 Å². The molecule has 1 aliphatic rings. The minimum absolute atomic E-state index is 0.0949. The first-order valence-corrected chi connectivity index (χ1v) is 17.0. The fourth-order valence-corrected chi connectivity index (χ4v) is 6.91. The topological polar surface area (TPSA) is 231 Å². The molecular formula is C29H42N9O8P. The van der Waals surface area contributed by atoms with Gasteiger partial charge in [-0.2, -0.15) is 9.97 Å². The fourth-order valence-electron chi connectivity index (χ4n) is 5.23. The summed E-state index contributed by atoms with van der Waals surface area (Å²) >= 11 is 0. The third-order valence-corrected chi connectivity index (χ3v) is 9.34. The van der Waals surface area contributed by atoms with Gasteiger partial charge in [0.2, 0.25) is 11.8 Å². The third-order valence-electron chi connectivity index (χ3n) is 7.61. The Morgan fingerprint density at radius 3 is 2.68 bits per heavy atom. The van der Waals surface area contributed by atoms with Gasteiger partial charge in [0.25, 0.3) is 0 Å². The molecule has 0 spiro atoms. The Morgan fingerprint density at radius 1 is 1.28 bits per heavy atom. The number of carbonyl (C=O) groups excluding carboxylic acids is 1. The van der Waals surface area contributed by atoms with Crippen molar-refractivity contribution in [3.8, 4) is 5.88 Å². The number of aliphatic hydroxyl groups is 1. The van der Waals surface area contributed by atoms with Crippen LogP contribution in [0.1, 0.15) is 71.8 Å². The average molecular weight is 676 g/mol. The minimum atomic E-state index is -4.31. The van der Waals surface area contributed by atoms with Crippen LogP contribution in [0.3, 0.4) is 0 Å². The van der Waals surface area contributed by atoms with E-state index in [1.807, 2.05) is 37.3 Å². The molecule has 3 heterocycles. The summed E-state index contributed by atoms with van der Waals surface area (Å²) < 4.78 is 44.8. The van der Waals surface area contributed by atoms with E-state index in [9.17, 15) is 20.0 Å². The number of nitrogens with one attached hydrogen (secondary N) is 1. The van der Waals surface area contributed by atoms with Crippen molar-refractivity contribution in [2.45, 2.75) is 90.0 Å². The molecule has 0 saturated carbocycles. The lowest BCUT2D eigenvalue weighted by Crippen LogP contribution is -2.43. The number of anilines is 1.